The largest absolute Gasteiger partial charge is 0.463 e. The standard InChI is InChI=1S/C17H15IO6/c1-3-22-16(20)13(17(21)23-4-2)7-10-9-24-14-6-5-11(18)8-12(14)15(10)19/h5-9H,3-4H2,1-2H3. The molecule has 2 aromatic rings. The summed E-state index contributed by atoms with van der Waals surface area (Å²) in [5, 5.41) is 0.364. The maximum absolute atomic E-state index is 12.6. The van der Waals surface area contributed by atoms with Crippen LogP contribution < -0.4 is 5.43 Å². The maximum atomic E-state index is 12.6. The molecule has 0 spiro atoms. The van der Waals surface area contributed by atoms with E-state index < -0.39 is 11.9 Å². The summed E-state index contributed by atoms with van der Waals surface area (Å²) in [5.41, 5.74) is -0.205. The average molecular weight is 442 g/mol. The van der Waals surface area contributed by atoms with E-state index in [0.29, 0.717) is 11.0 Å². The summed E-state index contributed by atoms with van der Waals surface area (Å²) in [6.45, 7) is 3.43. The monoisotopic (exact) mass is 442 g/mol. The Balaban J connectivity index is 2.57. The lowest BCUT2D eigenvalue weighted by atomic mass is 10.1. The predicted octanol–water partition coefficient (Wildman–Crippen LogP) is 2.91. The van der Waals surface area contributed by atoms with Crippen molar-refractivity contribution in [2.24, 2.45) is 0 Å². The molecule has 126 valence electrons. The van der Waals surface area contributed by atoms with Crippen LogP contribution in [0.3, 0.4) is 0 Å². The number of ether oxygens (including phenoxy) is 2. The molecule has 24 heavy (non-hydrogen) atoms. The highest BCUT2D eigenvalue weighted by molar-refractivity contribution is 14.1. The Hall–Kier alpha value is -2.16. The molecule has 2 rings (SSSR count). The molecule has 0 fully saturated rings. The SMILES string of the molecule is CCOC(=O)C(=Cc1coc2ccc(I)cc2c1=O)C(=O)OCC. The number of halogens is 1. The number of carbonyl (C=O) groups is 2. The molecule has 0 aliphatic carbocycles. The Bertz CT molecular complexity index is 845. The van der Waals surface area contributed by atoms with Crippen LogP contribution >= 0.6 is 22.6 Å². The van der Waals surface area contributed by atoms with Gasteiger partial charge >= 0.3 is 11.9 Å². The van der Waals surface area contributed by atoms with Gasteiger partial charge in [-0.2, -0.15) is 0 Å². The Morgan fingerprint density at radius 1 is 1.17 bits per heavy atom. The summed E-state index contributed by atoms with van der Waals surface area (Å²) in [4.78, 5) is 36.5. The molecular formula is C17H15IO6. The highest BCUT2D eigenvalue weighted by Crippen LogP contribution is 2.17. The first-order chi connectivity index (χ1) is 11.5. The number of benzene rings is 1. The van der Waals surface area contributed by atoms with Crippen molar-refractivity contribution >= 4 is 51.6 Å². The molecule has 0 atom stereocenters. The van der Waals surface area contributed by atoms with Crippen LogP contribution in [-0.2, 0) is 19.1 Å². The predicted molar refractivity (Wildman–Crippen MR) is 96.4 cm³/mol. The van der Waals surface area contributed by atoms with Gasteiger partial charge < -0.3 is 13.9 Å². The normalized spacial score (nSPS) is 10.3. The first-order valence-electron chi connectivity index (χ1n) is 7.25. The van der Waals surface area contributed by atoms with Gasteiger partial charge in [-0.25, -0.2) is 9.59 Å². The van der Waals surface area contributed by atoms with Crippen LogP contribution in [0.4, 0.5) is 0 Å². The van der Waals surface area contributed by atoms with Crippen molar-refractivity contribution in [2.45, 2.75) is 13.8 Å². The Morgan fingerprint density at radius 2 is 1.79 bits per heavy atom. The van der Waals surface area contributed by atoms with Gasteiger partial charge in [0.1, 0.15) is 17.4 Å². The Labute approximate surface area is 151 Å². The second kappa shape index (κ2) is 8.09. The molecule has 0 saturated heterocycles. The zero-order chi connectivity index (χ0) is 17.7. The van der Waals surface area contributed by atoms with Gasteiger partial charge in [-0.3, -0.25) is 4.79 Å². The lowest BCUT2D eigenvalue weighted by Gasteiger charge is -2.06. The van der Waals surface area contributed by atoms with Crippen molar-refractivity contribution in [1.82, 2.24) is 0 Å². The third kappa shape index (κ3) is 4.02. The van der Waals surface area contributed by atoms with Crippen LogP contribution in [0.25, 0.3) is 17.0 Å². The second-order valence-corrected chi connectivity index (χ2v) is 5.91. The van der Waals surface area contributed by atoms with E-state index in [1.807, 2.05) is 6.07 Å². The van der Waals surface area contributed by atoms with Crippen molar-refractivity contribution in [1.29, 1.82) is 0 Å². The third-order valence-corrected chi connectivity index (χ3v) is 3.72. The number of esters is 2. The summed E-state index contributed by atoms with van der Waals surface area (Å²) in [5.74, 6) is -1.70. The zero-order valence-electron chi connectivity index (χ0n) is 13.1. The molecule has 0 amide bonds. The lowest BCUT2D eigenvalue weighted by Crippen LogP contribution is -2.19. The fraction of sp³-hybridized carbons (Fsp3) is 0.235. The molecule has 0 unspecified atom stereocenters. The fourth-order valence-corrected chi connectivity index (χ4v) is 2.48. The van der Waals surface area contributed by atoms with Gasteiger partial charge in [0.2, 0.25) is 0 Å². The second-order valence-electron chi connectivity index (χ2n) is 4.66. The average Bonchev–Trinajstić information content (AvgIpc) is 2.55. The molecule has 0 bridgehead atoms. The molecule has 6 nitrogen and oxygen atoms in total. The van der Waals surface area contributed by atoms with Gasteiger partial charge in [0, 0.05) is 3.57 Å². The van der Waals surface area contributed by atoms with Crippen LogP contribution in [0, 0.1) is 3.57 Å². The topological polar surface area (TPSA) is 82.8 Å². The molecule has 0 aliphatic heterocycles. The van der Waals surface area contributed by atoms with Gasteiger partial charge in [-0.05, 0) is 60.7 Å². The minimum Gasteiger partial charge on any atom is -0.463 e. The van der Waals surface area contributed by atoms with Crippen LogP contribution in [0.1, 0.15) is 19.4 Å². The molecule has 1 aromatic carbocycles. The van der Waals surface area contributed by atoms with Crippen LogP contribution in [0.5, 0.6) is 0 Å². The highest BCUT2D eigenvalue weighted by atomic mass is 127. The van der Waals surface area contributed by atoms with E-state index in [0.717, 1.165) is 9.65 Å². The lowest BCUT2D eigenvalue weighted by molar-refractivity contribution is -0.146. The number of carbonyl (C=O) groups excluding carboxylic acids is 2. The minimum atomic E-state index is -0.849. The maximum Gasteiger partial charge on any atom is 0.345 e. The van der Waals surface area contributed by atoms with Gasteiger partial charge in [0.15, 0.2) is 5.43 Å². The molecule has 1 heterocycles. The number of hydrogen-bond acceptors (Lipinski definition) is 6. The minimum absolute atomic E-state index is 0.0700. The summed E-state index contributed by atoms with van der Waals surface area (Å²) >= 11 is 2.08. The van der Waals surface area contributed by atoms with E-state index >= 15 is 0 Å². The molecule has 1 aromatic heterocycles. The number of hydrogen-bond donors (Lipinski definition) is 0. The molecule has 0 saturated carbocycles. The molecule has 0 aliphatic rings. The molecule has 0 radical (unpaired) electrons. The van der Waals surface area contributed by atoms with E-state index in [2.05, 4.69) is 22.6 Å². The molecular weight excluding hydrogens is 427 g/mol. The zero-order valence-corrected chi connectivity index (χ0v) is 15.3. The van der Waals surface area contributed by atoms with E-state index in [1.165, 1.54) is 6.26 Å². The number of rotatable bonds is 5. The van der Waals surface area contributed by atoms with Crippen LogP contribution in [0.2, 0.25) is 0 Å². The summed E-state index contributed by atoms with van der Waals surface area (Å²) < 4.78 is 16.0. The van der Waals surface area contributed by atoms with Gasteiger partial charge in [0.25, 0.3) is 0 Å². The molecule has 7 heteroatoms. The first kappa shape index (κ1) is 18.2. The van der Waals surface area contributed by atoms with Crippen molar-refractivity contribution in [3.05, 3.63) is 49.4 Å². The van der Waals surface area contributed by atoms with Gasteiger partial charge in [-0.15, -0.1) is 0 Å². The van der Waals surface area contributed by atoms with Crippen molar-refractivity contribution in [3.63, 3.8) is 0 Å². The van der Waals surface area contributed by atoms with Gasteiger partial charge in [0.05, 0.1) is 24.2 Å². The van der Waals surface area contributed by atoms with Crippen LogP contribution in [-0.4, -0.2) is 25.2 Å². The summed E-state index contributed by atoms with van der Waals surface area (Å²) in [6.07, 6.45) is 2.34. The third-order valence-electron chi connectivity index (χ3n) is 3.05. The molecule has 0 N–H and O–H groups in total. The van der Waals surface area contributed by atoms with Crippen molar-refractivity contribution in [2.75, 3.05) is 13.2 Å². The highest BCUT2D eigenvalue weighted by Gasteiger charge is 2.22. The van der Waals surface area contributed by atoms with E-state index in [-0.39, 0.29) is 29.8 Å². The van der Waals surface area contributed by atoms with E-state index in [9.17, 15) is 14.4 Å². The summed E-state index contributed by atoms with van der Waals surface area (Å²) in [7, 11) is 0. The van der Waals surface area contributed by atoms with Crippen molar-refractivity contribution < 1.29 is 23.5 Å². The smallest absolute Gasteiger partial charge is 0.345 e. The van der Waals surface area contributed by atoms with Crippen LogP contribution in [0.15, 0.2) is 39.2 Å². The Kier molecular flexibility index (Phi) is 6.13. The first-order valence-corrected chi connectivity index (χ1v) is 8.32. The van der Waals surface area contributed by atoms with E-state index in [1.54, 1.807) is 26.0 Å². The van der Waals surface area contributed by atoms with E-state index in [4.69, 9.17) is 13.9 Å². The van der Waals surface area contributed by atoms with Crippen molar-refractivity contribution in [3.8, 4) is 0 Å². The Morgan fingerprint density at radius 3 is 2.38 bits per heavy atom. The summed E-state index contributed by atoms with van der Waals surface area (Å²) in [6, 6.07) is 5.17. The van der Waals surface area contributed by atoms with Gasteiger partial charge in [-0.1, -0.05) is 0 Å². The number of fused-ring (bicyclic) bond motifs is 1. The fourth-order valence-electron chi connectivity index (χ4n) is 1.99. The quantitative estimate of drug-likeness (QED) is 0.233.